The molecule has 1 saturated carbocycles. The van der Waals surface area contributed by atoms with Gasteiger partial charge in [-0.2, -0.15) is 5.10 Å². The number of aromatic amines is 1. The van der Waals surface area contributed by atoms with E-state index in [0.29, 0.717) is 12.1 Å². The standard InChI is InChI=1S/C21H23N3OS/c1-12-4-3-5-18-19(12)13(2)20(26-18)21(25)24(15-6-7-15)16-8-9-17-14(10-16)11-22-23-17/h3-5,11,15-16H,6-10H2,1-2H3,(H,22,23). The quantitative estimate of drug-likeness (QED) is 0.748. The number of nitrogens with zero attached hydrogens (tertiary/aromatic N) is 2. The Balaban J connectivity index is 1.52. The highest BCUT2D eigenvalue weighted by atomic mass is 32.1. The third kappa shape index (κ3) is 2.49. The normalized spacial score (nSPS) is 19.5. The van der Waals surface area contributed by atoms with E-state index in [1.165, 1.54) is 26.9 Å². The molecule has 5 heteroatoms. The van der Waals surface area contributed by atoms with E-state index in [-0.39, 0.29) is 5.91 Å². The second-order valence-corrected chi connectivity index (χ2v) is 8.77. The number of H-pyrrole nitrogens is 1. The molecule has 0 radical (unpaired) electrons. The molecule has 1 amide bonds. The van der Waals surface area contributed by atoms with Crippen LogP contribution >= 0.6 is 11.3 Å². The Morgan fingerprint density at radius 1 is 1.23 bits per heavy atom. The van der Waals surface area contributed by atoms with E-state index in [4.69, 9.17) is 0 Å². The lowest BCUT2D eigenvalue weighted by Crippen LogP contribution is -2.44. The molecule has 1 atom stereocenters. The maximum absolute atomic E-state index is 13.6. The smallest absolute Gasteiger partial charge is 0.264 e. The van der Waals surface area contributed by atoms with Crippen molar-refractivity contribution in [3.8, 4) is 0 Å². The lowest BCUT2D eigenvalue weighted by Gasteiger charge is -2.34. The van der Waals surface area contributed by atoms with E-state index < -0.39 is 0 Å². The summed E-state index contributed by atoms with van der Waals surface area (Å²) in [5.74, 6) is 0.238. The summed E-state index contributed by atoms with van der Waals surface area (Å²) in [5.41, 5.74) is 4.94. The van der Waals surface area contributed by atoms with Crippen LogP contribution < -0.4 is 0 Å². The first-order chi connectivity index (χ1) is 12.6. The van der Waals surface area contributed by atoms with E-state index in [2.05, 4.69) is 47.1 Å². The molecule has 2 heterocycles. The number of aromatic nitrogens is 2. The average Bonchev–Trinajstić information content (AvgIpc) is 3.23. The van der Waals surface area contributed by atoms with E-state index >= 15 is 0 Å². The van der Waals surface area contributed by atoms with Crippen LogP contribution in [-0.2, 0) is 12.8 Å². The molecule has 1 aromatic carbocycles. The summed E-state index contributed by atoms with van der Waals surface area (Å²) in [6, 6.07) is 7.08. The van der Waals surface area contributed by atoms with Crippen LogP contribution in [0.5, 0.6) is 0 Å². The number of nitrogens with one attached hydrogen (secondary N) is 1. The van der Waals surface area contributed by atoms with Gasteiger partial charge in [-0.05, 0) is 74.1 Å². The molecule has 2 aliphatic rings. The number of amides is 1. The Bertz CT molecular complexity index is 998. The maximum Gasteiger partial charge on any atom is 0.264 e. The van der Waals surface area contributed by atoms with Crippen LogP contribution in [0.2, 0.25) is 0 Å². The predicted molar refractivity (Wildman–Crippen MR) is 105 cm³/mol. The molecule has 5 rings (SSSR count). The summed E-state index contributed by atoms with van der Waals surface area (Å²) in [6.07, 6.45) is 7.16. The predicted octanol–water partition coefficient (Wildman–Crippen LogP) is 4.40. The molecular weight excluding hydrogens is 342 g/mol. The molecule has 0 spiro atoms. The minimum atomic E-state index is 0.238. The first-order valence-corrected chi connectivity index (χ1v) is 10.3. The van der Waals surface area contributed by atoms with Crippen molar-refractivity contribution in [1.29, 1.82) is 0 Å². The van der Waals surface area contributed by atoms with Crippen molar-refractivity contribution in [1.82, 2.24) is 15.1 Å². The number of hydrogen-bond donors (Lipinski definition) is 1. The zero-order valence-corrected chi connectivity index (χ0v) is 16.0. The summed E-state index contributed by atoms with van der Waals surface area (Å²) >= 11 is 1.66. The Hall–Kier alpha value is -2.14. The van der Waals surface area contributed by atoms with Crippen molar-refractivity contribution in [3.05, 3.63) is 51.7 Å². The fraction of sp³-hybridized carbons (Fsp3) is 0.429. The Morgan fingerprint density at radius 2 is 2.08 bits per heavy atom. The SMILES string of the molecule is Cc1cccc2sc(C(=O)N(C3CC3)C3CCc4[nH]ncc4C3)c(C)c12. The lowest BCUT2D eigenvalue weighted by atomic mass is 9.92. The fourth-order valence-electron chi connectivity index (χ4n) is 4.44. The molecule has 2 aromatic heterocycles. The summed E-state index contributed by atoms with van der Waals surface area (Å²) < 4.78 is 1.22. The Labute approximate surface area is 157 Å². The first-order valence-electron chi connectivity index (χ1n) is 9.46. The van der Waals surface area contributed by atoms with Crippen LogP contribution in [0.25, 0.3) is 10.1 Å². The zero-order valence-electron chi connectivity index (χ0n) is 15.2. The van der Waals surface area contributed by atoms with Crippen molar-refractivity contribution in [2.75, 3.05) is 0 Å². The number of carbonyl (C=O) groups excluding carboxylic acids is 1. The summed E-state index contributed by atoms with van der Waals surface area (Å²) in [6.45, 7) is 4.25. The molecule has 1 unspecified atom stereocenters. The summed E-state index contributed by atoms with van der Waals surface area (Å²) in [7, 11) is 0. The zero-order chi connectivity index (χ0) is 17.8. The number of fused-ring (bicyclic) bond motifs is 2. The Morgan fingerprint density at radius 3 is 2.85 bits per heavy atom. The van der Waals surface area contributed by atoms with Gasteiger partial charge in [-0.3, -0.25) is 9.89 Å². The third-order valence-electron chi connectivity index (χ3n) is 5.92. The Kier molecular flexibility index (Phi) is 3.67. The summed E-state index contributed by atoms with van der Waals surface area (Å²) in [4.78, 5) is 16.7. The van der Waals surface area contributed by atoms with E-state index in [0.717, 1.165) is 42.5 Å². The van der Waals surface area contributed by atoms with Crippen LogP contribution in [0.15, 0.2) is 24.4 Å². The van der Waals surface area contributed by atoms with Gasteiger partial charge in [0.15, 0.2) is 0 Å². The molecule has 4 nitrogen and oxygen atoms in total. The summed E-state index contributed by atoms with van der Waals surface area (Å²) in [5, 5.41) is 8.55. The topological polar surface area (TPSA) is 49.0 Å². The lowest BCUT2D eigenvalue weighted by molar-refractivity contribution is 0.0647. The third-order valence-corrected chi connectivity index (χ3v) is 7.16. The highest BCUT2D eigenvalue weighted by Crippen LogP contribution is 2.38. The molecule has 0 saturated heterocycles. The monoisotopic (exact) mass is 365 g/mol. The van der Waals surface area contributed by atoms with E-state index in [1.54, 1.807) is 11.3 Å². The molecular formula is C21H23N3OS. The second-order valence-electron chi connectivity index (χ2n) is 7.72. The van der Waals surface area contributed by atoms with Gasteiger partial charge in [0.2, 0.25) is 0 Å². The van der Waals surface area contributed by atoms with E-state index in [1.807, 2.05) is 6.20 Å². The van der Waals surface area contributed by atoms with Crippen LogP contribution in [0.4, 0.5) is 0 Å². The molecule has 1 fully saturated rings. The molecule has 3 aromatic rings. The number of thiophene rings is 1. The van der Waals surface area contributed by atoms with E-state index in [9.17, 15) is 4.79 Å². The van der Waals surface area contributed by atoms with Crippen molar-refractivity contribution in [3.63, 3.8) is 0 Å². The van der Waals surface area contributed by atoms with Crippen LogP contribution in [0.1, 0.15) is 51.3 Å². The largest absolute Gasteiger partial charge is 0.332 e. The molecule has 0 aliphatic heterocycles. The van der Waals surface area contributed by atoms with Crippen molar-refractivity contribution in [2.24, 2.45) is 0 Å². The molecule has 26 heavy (non-hydrogen) atoms. The van der Waals surface area contributed by atoms with Gasteiger partial charge in [0.25, 0.3) is 5.91 Å². The van der Waals surface area contributed by atoms with Gasteiger partial charge in [-0.1, -0.05) is 12.1 Å². The average molecular weight is 366 g/mol. The van der Waals surface area contributed by atoms with Crippen LogP contribution in [0.3, 0.4) is 0 Å². The van der Waals surface area contributed by atoms with Gasteiger partial charge in [0, 0.05) is 22.5 Å². The second kappa shape index (κ2) is 5.95. The number of rotatable bonds is 3. The molecule has 134 valence electrons. The number of carbonyl (C=O) groups is 1. The van der Waals surface area contributed by atoms with Gasteiger partial charge in [0.1, 0.15) is 0 Å². The highest BCUT2D eigenvalue weighted by molar-refractivity contribution is 7.21. The fourth-order valence-corrected chi connectivity index (χ4v) is 5.68. The van der Waals surface area contributed by atoms with Gasteiger partial charge in [-0.25, -0.2) is 0 Å². The minimum Gasteiger partial charge on any atom is -0.332 e. The van der Waals surface area contributed by atoms with Crippen molar-refractivity contribution in [2.45, 2.75) is 58.0 Å². The molecule has 0 bridgehead atoms. The molecule has 1 N–H and O–H groups in total. The highest BCUT2D eigenvalue weighted by Gasteiger charge is 2.40. The van der Waals surface area contributed by atoms with Gasteiger partial charge >= 0.3 is 0 Å². The maximum atomic E-state index is 13.6. The number of aryl methyl sites for hydroxylation is 3. The molecule has 2 aliphatic carbocycles. The van der Waals surface area contributed by atoms with Gasteiger partial charge < -0.3 is 4.90 Å². The van der Waals surface area contributed by atoms with Gasteiger partial charge in [0.05, 0.1) is 11.1 Å². The number of benzene rings is 1. The van der Waals surface area contributed by atoms with Crippen LogP contribution in [-0.4, -0.2) is 33.1 Å². The first kappa shape index (κ1) is 16.1. The number of hydrogen-bond acceptors (Lipinski definition) is 3. The van der Waals surface area contributed by atoms with Crippen LogP contribution in [0, 0.1) is 13.8 Å². The van der Waals surface area contributed by atoms with Gasteiger partial charge in [-0.15, -0.1) is 11.3 Å². The minimum absolute atomic E-state index is 0.238. The van der Waals surface area contributed by atoms with Crippen molar-refractivity contribution >= 4 is 27.3 Å². The van der Waals surface area contributed by atoms with Crippen molar-refractivity contribution < 1.29 is 4.79 Å².